The second-order valence-electron chi connectivity index (χ2n) is 5.24. The van der Waals surface area contributed by atoms with E-state index in [0.717, 1.165) is 44.4 Å². The molecule has 0 amide bonds. The third-order valence-corrected chi connectivity index (χ3v) is 4.93. The molecule has 0 bridgehead atoms. The highest BCUT2D eigenvalue weighted by Crippen LogP contribution is 2.30. The van der Waals surface area contributed by atoms with E-state index in [4.69, 9.17) is 16.3 Å². The number of thiazole rings is 1. The Labute approximate surface area is 134 Å². The number of carbonyl (C=O) groups is 1. The van der Waals surface area contributed by atoms with Gasteiger partial charge in [0.25, 0.3) is 0 Å². The predicted molar refractivity (Wildman–Crippen MR) is 85.7 cm³/mol. The van der Waals surface area contributed by atoms with Crippen LogP contribution in [0.2, 0.25) is 5.15 Å². The standard InChI is InChI=1S/C13H21ClN4O2S/c1-16(2)4-5-17-6-8-18(9-7-17)13-15-11(14)10(21-13)12(19)20-3/h4-9H2,1-3H3. The van der Waals surface area contributed by atoms with Crippen molar-refractivity contribution in [1.82, 2.24) is 14.8 Å². The van der Waals surface area contributed by atoms with Crippen LogP contribution >= 0.6 is 22.9 Å². The number of likely N-dealkylation sites (N-methyl/N-ethyl adjacent to an activating group) is 1. The van der Waals surface area contributed by atoms with Crippen LogP contribution < -0.4 is 4.90 Å². The number of hydrogen-bond acceptors (Lipinski definition) is 7. The number of nitrogens with zero attached hydrogens (tertiary/aromatic N) is 4. The molecule has 0 aromatic carbocycles. The van der Waals surface area contributed by atoms with E-state index < -0.39 is 5.97 Å². The van der Waals surface area contributed by atoms with Gasteiger partial charge in [0, 0.05) is 39.3 Å². The number of ether oxygens (including phenoxy) is 1. The lowest BCUT2D eigenvalue weighted by Gasteiger charge is -2.34. The molecule has 0 spiro atoms. The van der Waals surface area contributed by atoms with Crippen LogP contribution in [-0.4, -0.2) is 81.2 Å². The summed E-state index contributed by atoms with van der Waals surface area (Å²) in [5.41, 5.74) is 0. The van der Waals surface area contributed by atoms with Crippen molar-refractivity contribution in [3.63, 3.8) is 0 Å². The molecule has 0 radical (unpaired) electrons. The third kappa shape index (κ3) is 4.29. The molecule has 1 aromatic heterocycles. The zero-order valence-electron chi connectivity index (χ0n) is 12.6. The van der Waals surface area contributed by atoms with Crippen LogP contribution in [0.3, 0.4) is 0 Å². The Kier molecular flexibility index (Phi) is 5.80. The number of rotatable bonds is 5. The molecular formula is C13H21ClN4O2S. The maximum absolute atomic E-state index is 11.6. The lowest BCUT2D eigenvalue weighted by molar-refractivity contribution is 0.0606. The highest BCUT2D eigenvalue weighted by molar-refractivity contribution is 7.18. The van der Waals surface area contributed by atoms with E-state index in [0.29, 0.717) is 4.88 Å². The summed E-state index contributed by atoms with van der Waals surface area (Å²) in [5.74, 6) is -0.423. The number of esters is 1. The van der Waals surface area contributed by atoms with Crippen LogP contribution in [0, 0.1) is 0 Å². The van der Waals surface area contributed by atoms with Gasteiger partial charge in [0.2, 0.25) is 0 Å². The van der Waals surface area contributed by atoms with Gasteiger partial charge >= 0.3 is 5.97 Å². The average Bonchev–Trinajstić information content (AvgIpc) is 2.87. The zero-order valence-corrected chi connectivity index (χ0v) is 14.2. The first kappa shape index (κ1) is 16.5. The van der Waals surface area contributed by atoms with E-state index >= 15 is 0 Å². The van der Waals surface area contributed by atoms with E-state index in [1.807, 2.05) is 0 Å². The molecule has 8 heteroatoms. The van der Waals surface area contributed by atoms with Gasteiger partial charge < -0.3 is 14.5 Å². The van der Waals surface area contributed by atoms with Gasteiger partial charge in [-0.25, -0.2) is 9.78 Å². The number of methoxy groups -OCH3 is 1. The summed E-state index contributed by atoms with van der Waals surface area (Å²) in [4.78, 5) is 23.0. The Hall–Kier alpha value is -0.890. The molecule has 1 aromatic rings. The van der Waals surface area contributed by atoms with Crippen LogP contribution in [0.5, 0.6) is 0 Å². The van der Waals surface area contributed by atoms with Crippen molar-refractivity contribution in [2.45, 2.75) is 0 Å². The molecule has 2 heterocycles. The fourth-order valence-electron chi connectivity index (χ4n) is 2.15. The van der Waals surface area contributed by atoms with Gasteiger partial charge in [-0.3, -0.25) is 4.90 Å². The van der Waals surface area contributed by atoms with Gasteiger partial charge in [0.15, 0.2) is 15.2 Å². The maximum Gasteiger partial charge on any atom is 0.351 e. The molecule has 0 N–H and O–H groups in total. The monoisotopic (exact) mass is 332 g/mol. The summed E-state index contributed by atoms with van der Waals surface area (Å²) in [5, 5.41) is 1.03. The summed E-state index contributed by atoms with van der Waals surface area (Å²) in [6.07, 6.45) is 0. The molecule has 1 fully saturated rings. The number of aromatic nitrogens is 1. The topological polar surface area (TPSA) is 48.9 Å². The molecular weight excluding hydrogens is 312 g/mol. The van der Waals surface area contributed by atoms with Gasteiger partial charge in [0.1, 0.15) is 0 Å². The first-order valence-corrected chi connectivity index (χ1v) is 8.07. The fourth-order valence-corrected chi connectivity index (χ4v) is 3.40. The molecule has 2 rings (SSSR count). The van der Waals surface area contributed by atoms with Crippen LogP contribution in [0.1, 0.15) is 9.67 Å². The maximum atomic E-state index is 11.6. The first-order valence-electron chi connectivity index (χ1n) is 6.88. The SMILES string of the molecule is COC(=O)c1sc(N2CCN(CCN(C)C)CC2)nc1Cl. The molecule has 0 saturated carbocycles. The molecule has 1 saturated heterocycles. The Bertz CT molecular complexity index is 487. The van der Waals surface area contributed by atoms with Crippen LogP contribution in [-0.2, 0) is 4.74 Å². The van der Waals surface area contributed by atoms with Crippen molar-refractivity contribution in [2.24, 2.45) is 0 Å². The molecule has 118 valence electrons. The van der Waals surface area contributed by atoms with E-state index in [1.54, 1.807) is 0 Å². The molecule has 21 heavy (non-hydrogen) atoms. The van der Waals surface area contributed by atoms with Crippen LogP contribution in [0.25, 0.3) is 0 Å². The van der Waals surface area contributed by atoms with E-state index in [1.165, 1.54) is 18.4 Å². The molecule has 1 aliphatic rings. The zero-order chi connectivity index (χ0) is 15.4. The van der Waals surface area contributed by atoms with Gasteiger partial charge in [-0.1, -0.05) is 22.9 Å². The van der Waals surface area contributed by atoms with Crippen molar-refractivity contribution in [2.75, 3.05) is 65.4 Å². The van der Waals surface area contributed by atoms with Gasteiger partial charge in [0.05, 0.1) is 7.11 Å². The lowest BCUT2D eigenvalue weighted by Crippen LogP contribution is -2.48. The largest absolute Gasteiger partial charge is 0.465 e. The summed E-state index contributed by atoms with van der Waals surface area (Å²) < 4.78 is 4.70. The minimum atomic E-state index is -0.423. The highest BCUT2D eigenvalue weighted by Gasteiger charge is 2.23. The van der Waals surface area contributed by atoms with Gasteiger partial charge in [-0.2, -0.15) is 0 Å². The molecule has 6 nitrogen and oxygen atoms in total. The average molecular weight is 333 g/mol. The van der Waals surface area contributed by atoms with Crippen molar-refractivity contribution >= 4 is 34.0 Å². The predicted octanol–water partition coefficient (Wildman–Crippen LogP) is 1.27. The van der Waals surface area contributed by atoms with Crippen LogP contribution in [0.15, 0.2) is 0 Å². The number of anilines is 1. The number of carbonyl (C=O) groups excluding carboxylic acids is 1. The molecule has 0 aliphatic carbocycles. The minimum absolute atomic E-state index is 0.233. The summed E-state index contributed by atoms with van der Waals surface area (Å²) in [6, 6.07) is 0. The minimum Gasteiger partial charge on any atom is -0.465 e. The Morgan fingerprint density at radius 2 is 2.05 bits per heavy atom. The van der Waals surface area contributed by atoms with Crippen molar-refractivity contribution in [3.8, 4) is 0 Å². The van der Waals surface area contributed by atoms with Gasteiger partial charge in [-0.05, 0) is 14.1 Å². The molecule has 1 aliphatic heterocycles. The second kappa shape index (κ2) is 7.40. The third-order valence-electron chi connectivity index (χ3n) is 3.45. The fraction of sp³-hybridized carbons (Fsp3) is 0.692. The van der Waals surface area contributed by atoms with Crippen molar-refractivity contribution in [1.29, 1.82) is 0 Å². The number of halogens is 1. The molecule has 0 unspecified atom stereocenters. The summed E-state index contributed by atoms with van der Waals surface area (Å²) in [7, 11) is 5.52. The van der Waals surface area contributed by atoms with Crippen molar-refractivity contribution < 1.29 is 9.53 Å². The smallest absolute Gasteiger partial charge is 0.351 e. The Morgan fingerprint density at radius 3 is 2.62 bits per heavy atom. The summed E-state index contributed by atoms with van der Waals surface area (Å²) >= 11 is 7.31. The Morgan fingerprint density at radius 1 is 1.38 bits per heavy atom. The Balaban J connectivity index is 1.92. The lowest BCUT2D eigenvalue weighted by atomic mass is 10.3. The van der Waals surface area contributed by atoms with E-state index in [9.17, 15) is 4.79 Å². The normalized spacial score (nSPS) is 16.5. The quantitative estimate of drug-likeness (QED) is 0.757. The first-order chi connectivity index (χ1) is 10.0. The summed E-state index contributed by atoms with van der Waals surface area (Å²) in [6.45, 7) is 5.94. The van der Waals surface area contributed by atoms with E-state index in [-0.39, 0.29) is 5.15 Å². The van der Waals surface area contributed by atoms with E-state index in [2.05, 4.69) is 33.8 Å². The van der Waals surface area contributed by atoms with Gasteiger partial charge in [-0.15, -0.1) is 0 Å². The second-order valence-corrected chi connectivity index (χ2v) is 6.58. The highest BCUT2D eigenvalue weighted by atomic mass is 35.5. The number of piperazine rings is 1. The molecule has 0 atom stereocenters. The van der Waals surface area contributed by atoms with Crippen molar-refractivity contribution in [3.05, 3.63) is 10.0 Å². The van der Waals surface area contributed by atoms with Crippen LogP contribution in [0.4, 0.5) is 5.13 Å². The number of hydrogen-bond donors (Lipinski definition) is 0.